The molecule has 0 aliphatic rings. The molecule has 0 radical (unpaired) electrons. The maximum atomic E-state index is 5.92. The van der Waals surface area contributed by atoms with E-state index in [1.807, 2.05) is 18.2 Å². The van der Waals surface area contributed by atoms with Gasteiger partial charge in [0.15, 0.2) is 11.7 Å². The van der Waals surface area contributed by atoms with E-state index in [0.29, 0.717) is 11.1 Å². The monoisotopic (exact) mass is 342 g/mol. The molecule has 1 N–H and O–H groups in total. The van der Waals surface area contributed by atoms with Crippen LogP contribution < -0.4 is 5.32 Å². The van der Waals surface area contributed by atoms with Crippen molar-refractivity contribution in [2.45, 2.75) is 26.3 Å². The first kappa shape index (κ1) is 14.6. The van der Waals surface area contributed by atoms with Gasteiger partial charge in [0.25, 0.3) is 0 Å². The maximum absolute atomic E-state index is 5.92. The molecular weight excluding hydrogens is 328 g/mol. The zero-order valence-corrected chi connectivity index (χ0v) is 13.3. The van der Waals surface area contributed by atoms with Gasteiger partial charge in [0.05, 0.1) is 6.20 Å². The number of halogens is 2. The Morgan fingerprint density at radius 3 is 2.89 bits per heavy atom. The molecule has 1 heterocycles. The summed E-state index contributed by atoms with van der Waals surface area (Å²) < 4.78 is 6.65. The summed E-state index contributed by atoms with van der Waals surface area (Å²) in [7, 11) is 0. The van der Waals surface area contributed by atoms with E-state index in [2.05, 4.69) is 40.1 Å². The van der Waals surface area contributed by atoms with Gasteiger partial charge in [-0.05, 0) is 34.1 Å². The van der Waals surface area contributed by atoms with Crippen molar-refractivity contribution in [3.05, 3.63) is 39.8 Å². The van der Waals surface area contributed by atoms with Gasteiger partial charge in [-0.25, -0.2) is 4.98 Å². The second-order valence-corrected chi connectivity index (χ2v) is 5.89. The van der Waals surface area contributed by atoms with Crippen LogP contribution in [0.5, 0.6) is 0 Å². The summed E-state index contributed by atoms with van der Waals surface area (Å²) in [5.74, 6) is 1.49. The van der Waals surface area contributed by atoms with Crippen molar-refractivity contribution in [1.29, 1.82) is 0 Å². The molecule has 3 nitrogen and oxygen atoms in total. The Bertz CT molecular complexity index is 554. The second-order valence-electron chi connectivity index (χ2n) is 4.60. The minimum absolute atomic E-state index is 0.472. The molecule has 0 saturated carbocycles. The first-order valence-electron chi connectivity index (χ1n) is 6.20. The van der Waals surface area contributed by atoms with Gasteiger partial charge < -0.3 is 9.73 Å². The Morgan fingerprint density at radius 1 is 1.42 bits per heavy atom. The number of hydrogen-bond donors (Lipinski definition) is 1. The molecule has 0 spiro atoms. The van der Waals surface area contributed by atoms with Crippen LogP contribution in [0, 0.1) is 0 Å². The Labute approximate surface area is 126 Å². The number of hydrogen-bond acceptors (Lipinski definition) is 3. The fourth-order valence-corrected chi connectivity index (χ4v) is 2.59. The molecule has 2 aromatic rings. The molecule has 0 amide bonds. The standard InChI is InChI=1S/C14H16BrClN2O/c1-9(2)17-6-5-14-18-8-13(19-14)11-4-3-10(16)7-12(11)15/h3-4,7-9,17H,5-6H2,1-2H3. The Kier molecular flexibility index (Phi) is 5.02. The lowest BCUT2D eigenvalue weighted by molar-refractivity contribution is 0.484. The van der Waals surface area contributed by atoms with E-state index in [1.165, 1.54) is 0 Å². The molecule has 1 aromatic carbocycles. The summed E-state index contributed by atoms with van der Waals surface area (Å²) in [5.41, 5.74) is 0.958. The van der Waals surface area contributed by atoms with Crippen LogP contribution in [0.2, 0.25) is 5.02 Å². The molecule has 102 valence electrons. The number of nitrogens with zero attached hydrogens (tertiary/aromatic N) is 1. The SMILES string of the molecule is CC(C)NCCc1ncc(-c2ccc(Cl)cc2Br)o1. The smallest absolute Gasteiger partial charge is 0.196 e. The Balaban J connectivity index is 2.08. The Hall–Kier alpha value is -0.840. The van der Waals surface area contributed by atoms with E-state index in [-0.39, 0.29) is 0 Å². The summed E-state index contributed by atoms with van der Waals surface area (Å²) in [6.07, 6.45) is 2.53. The van der Waals surface area contributed by atoms with Crippen molar-refractivity contribution < 1.29 is 4.42 Å². The Morgan fingerprint density at radius 2 is 2.21 bits per heavy atom. The van der Waals surface area contributed by atoms with E-state index in [4.69, 9.17) is 16.0 Å². The number of oxazole rings is 1. The molecular formula is C14H16BrClN2O. The van der Waals surface area contributed by atoms with E-state index >= 15 is 0 Å². The number of benzene rings is 1. The van der Waals surface area contributed by atoms with Gasteiger partial charge in [0.2, 0.25) is 0 Å². The van der Waals surface area contributed by atoms with Gasteiger partial charge in [-0.1, -0.05) is 25.4 Å². The highest BCUT2D eigenvalue weighted by molar-refractivity contribution is 9.10. The van der Waals surface area contributed by atoms with Crippen LogP contribution in [0.4, 0.5) is 0 Å². The summed E-state index contributed by atoms with van der Waals surface area (Å²) in [5, 5.41) is 4.03. The largest absolute Gasteiger partial charge is 0.441 e. The number of nitrogens with one attached hydrogen (secondary N) is 1. The van der Waals surface area contributed by atoms with Gasteiger partial charge in [0.1, 0.15) is 0 Å². The molecule has 0 atom stereocenters. The van der Waals surface area contributed by atoms with Crippen molar-refractivity contribution in [2.24, 2.45) is 0 Å². The first-order valence-corrected chi connectivity index (χ1v) is 7.37. The highest BCUT2D eigenvalue weighted by atomic mass is 79.9. The van der Waals surface area contributed by atoms with E-state index in [1.54, 1.807) is 6.20 Å². The summed E-state index contributed by atoms with van der Waals surface area (Å²) in [6, 6.07) is 6.08. The van der Waals surface area contributed by atoms with Crippen LogP contribution in [-0.4, -0.2) is 17.6 Å². The van der Waals surface area contributed by atoms with E-state index in [0.717, 1.165) is 34.7 Å². The van der Waals surface area contributed by atoms with Crippen LogP contribution in [-0.2, 0) is 6.42 Å². The normalized spacial score (nSPS) is 11.2. The average molecular weight is 344 g/mol. The third-order valence-electron chi connectivity index (χ3n) is 2.64. The van der Waals surface area contributed by atoms with Crippen molar-refractivity contribution in [2.75, 3.05) is 6.54 Å². The van der Waals surface area contributed by atoms with Crippen LogP contribution in [0.3, 0.4) is 0 Å². The molecule has 5 heteroatoms. The zero-order chi connectivity index (χ0) is 13.8. The van der Waals surface area contributed by atoms with Gasteiger partial charge in [0, 0.05) is 34.1 Å². The lowest BCUT2D eigenvalue weighted by atomic mass is 10.2. The third-order valence-corrected chi connectivity index (χ3v) is 3.53. The average Bonchev–Trinajstić information content (AvgIpc) is 2.77. The topological polar surface area (TPSA) is 38.1 Å². The highest BCUT2D eigenvalue weighted by Crippen LogP contribution is 2.31. The molecule has 0 bridgehead atoms. The molecule has 0 saturated heterocycles. The second kappa shape index (κ2) is 6.55. The van der Waals surface area contributed by atoms with Crippen molar-refractivity contribution in [3.8, 4) is 11.3 Å². The van der Waals surface area contributed by atoms with Gasteiger partial charge >= 0.3 is 0 Å². The van der Waals surface area contributed by atoms with Crippen LogP contribution in [0.1, 0.15) is 19.7 Å². The summed E-state index contributed by atoms with van der Waals surface area (Å²) >= 11 is 9.40. The molecule has 0 aliphatic heterocycles. The van der Waals surface area contributed by atoms with Crippen LogP contribution in [0.15, 0.2) is 33.3 Å². The lowest BCUT2D eigenvalue weighted by Gasteiger charge is -2.05. The maximum Gasteiger partial charge on any atom is 0.196 e. The number of rotatable bonds is 5. The fourth-order valence-electron chi connectivity index (χ4n) is 1.71. The third kappa shape index (κ3) is 4.06. The minimum Gasteiger partial charge on any atom is -0.441 e. The number of aromatic nitrogens is 1. The fraction of sp³-hybridized carbons (Fsp3) is 0.357. The van der Waals surface area contributed by atoms with Crippen molar-refractivity contribution in [3.63, 3.8) is 0 Å². The lowest BCUT2D eigenvalue weighted by Crippen LogP contribution is -2.24. The van der Waals surface area contributed by atoms with Crippen LogP contribution >= 0.6 is 27.5 Å². The highest BCUT2D eigenvalue weighted by Gasteiger charge is 2.10. The molecule has 19 heavy (non-hydrogen) atoms. The predicted octanol–water partition coefficient (Wildman–Crippen LogP) is 4.30. The van der Waals surface area contributed by atoms with Gasteiger partial charge in [-0.15, -0.1) is 0 Å². The van der Waals surface area contributed by atoms with Gasteiger partial charge in [-0.2, -0.15) is 0 Å². The zero-order valence-electron chi connectivity index (χ0n) is 10.9. The predicted molar refractivity (Wildman–Crippen MR) is 81.5 cm³/mol. The molecule has 0 fully saturated rings. The van der Waals surface area contributed by atoms with Crippen LogP contribution in [0.25, 0.3) is 11.3 Å². The van der Waals surface area contributed by atoms with E-state index < -0.39 is 0 Å². The molecule has 0 unspecified atom stereocenters. The summed E-state index contributed by atoms with van der Waals surface area (Å²) in [4.78, 5) is 4.29. The minimum atomic E-state index is 0.472. The van der Waals surface area contributed by atoms with Gasteiger partial charge in [-0.3, -0.25) is 0 Å². The quantitative estimate of drug-likeness (QED) is 0.879. The van der Waals surface area contributed by atoms with Crippen molar-refractivity contribution in [1.82, 2.24) is 10.3 Å². The van der Waals surface area contributed by atoms with E-state index in [9.17, 15) is 0 Å². The molecule has 1 aromatic heterocycles. The van der Waals surface area contributed by atoms with Crippen molar-refractivity contribution >= 4 is 27.5 Å². The summed E-state index contributed by atoms with van der Waals surface area (Å²) in [6.45, 7) is 5.09. The molecule has 0 aliphatic carbocycles. The molecule has 2 rings (SSSR count). The first-order chi connectivity index (χ1) is 9.06.